The molecule has 0 spiro atoms. The molecule has 2 N–H and O–H groups in total. The van der Waals surface area contributed by atoms with E-state index >= 15 is 0 Å². The molecular weight excluding hydrogens is 270 g/mol. The van der Waals surface area contributed by atoms with E-state index in [-0.39, 0.29) is 24.6 Å². The van der Waals surface area contributed by atoms with Gasteiger partial charge in [-0.15, -0.1) is 0 Å². The fraction of sp³-hybridized carbons (Fsp3) is 0.818. The van der Waals surface area contributed by atoms with Crippen LogP contribution in [-0.4, -0.2) is 75.3 Å². The van der Waals surface area contributed by atoms with Crippen LogP contribution in [0.15, 0.2) is 0 Å². The van der Waals surface area contributed by atoms with Crippen molar-refractivity contribution in [1.29, 1.82) is 0 Å². The predicted molar refractivity (Wildman–Crippen MR) is 73.3 cm³/mol. The number of nitrogens with two attached hydrogens (primary N) is 1. The van der Waals surface area contributed by atoms with E-state index in [2.05, 4.69) is 0 Å². The van der Waals surface area contributed by atoms with Crippen LogP contribution >= 0.6 is 0 Å². The SMILES string of the molecule is CCN(CC(=O)N(C)C)C(=O)C(N)CCS(C)(=O)=O. The van der Waals surface area contributed by atoms with Crippen LogP contribution in [0.4, 0.5) is 0 Å². The highest BCUT2D eigenvalue weighted by Crippen LogP contribution is 2.01. The van der Waals surface area contributed by atoms with Gasteiger partial charge in [0.05, 0.1) is 18.3 Å². The monoisotopic (exact) mass is 293 g/mol. The number of carbonyl (C=O) groups is 2. The second kappa shape index (κ2) is 7.44. The van der Waals surface area contributed by atoms with Gasteiger partial charge in [0.15, 0.2) is 0 Å². The Bertz CT molecular complexity index is 420. The Morgan fingerprint density at radius 3 is 2.16 bits per heavy atom. The Balaban J connectivity index is 4.53. The third-order valence-electron chi connectivity index (χ3n) is 2.64. The third kappa shape index (κ3) is 7.12. The van der Waals surface area contributed by atoms with Crippen molar-refractivity contribution in [1.82, 2.24) is 9.80 Å². The van der Waals surface area contributed by atoms with Crippen LogP contribution in [0, 0.1) is 0 Å². The number of rotatable bonds is 7. The molecule has 0 radical (unpaired) electrons. The first-order valence-corrected chi connectivity index (χ1v) is 8.06. The van der Waals surface area contributed by atoms with Gasteiger partial charge in [-0.05, 0) is 13.3 Å². The van der Waals surface area contributed by atoms with E-state index in [0.29, 0.717) is 6.54 Å². The van der Waals surface area contributed by atoms with Gasteiger partial charge in [-0.1, -0.05) is 0 Å². The number of likely N-dealkylation sites (N-methyl/N-ethyl adjacent to an activating group) is 2. The van der Waals surface area contributed by atoms with E-state index < -0.39 is 21.8 Å². The molecule has 7 nitrogen and oxygen atoms in total. The van der Waals surface area contributed by atoms with E-state index in [1.54, 1.807) is 21.0 Å². The molecule has 0 aromatic rings. The van der Waals surface area contributed by atoms with Gasteiger partial charge in [0.1, 0.15) is 9.84 Å². The molecule has 19 heavy (non-hydrogen) atoms. The van der Waals surface area contributed by atoms with Gasteiger partial charge in [0, 0.05) is 26.9 Å². The molecule has 0 saturated carbocycles. The molecule has 8 heteroatoms. The van der Waals surface area contributed by atoms with Gasteiger partial charge in [-0.25, -0.2) is 8.42 Å². The molecule has 1 unspecified atom stereocenters. The summed E-state index contributed by atoms with van der Waals surface area (Å²) in [6, 6.07) is -0.898. The first-order valence-electron chi connectivity index (χ1n) is 6.00. The van der Waals surface area contributed by atoms with Crippen molar-refractivity contribution in [3.05, 3.63) is 0 Å². The van der Waals surface area contributed by atoms with Crippen LogP contribution in [-0.2, 0) is 19.4 Å². The van der Waals surface area contributed by atoms with Crippen molar-refractivity contribution >= 4 is 21.7 Å². The maximum atomic E-state index is 12.0. The minimum atomic E-state index is -3.15. The van der Waals surface area contributed by atoms with Crippen LogP contribution in [0.25, 0.3) is 0 Å². The van der Waals surface area contributed by atoms with Crippen molar-refractivity contribution in [2.45, 2.75) is 19.4 Å². The lowest BCUT2D eigenvalue weighted by Gasteiger charge is -2.25. The largest absolute Gasteiger partial charge is 0.347 e. The molecule has 0 saturated heterocycles. The highest BCUT2D eigenvalue weighted by Gasteiger charge is 2.23. The Hall–Kier alpha value is -1.15. The van der Waals surface area contributed by atoms with Crippen molar-refractivity contribution in [3.63, 3.8) is 0 Å². The molecule has 0 aromatic carbocycles. The normalized spacial score (nSPS) is 12.9. The first kappa shape index (κ1) is 17.8. The minimum Gasteiger partial charge on any atom is -0.347 e. The summed E-state index contributed by atoms with van der Waals surface area (Å²) in [5.74, 6) is -0.745. The highest BCUT2D eigenvalue weighted by molar-refractivity contribution is 7.90. The molecular formula is C11H23N3O4S. The van der Waals surface area contributed by atoms with Gasteiger partial charge in [0.25, 0.3) is 0 Å². The van der Waals surface area contributed by atoms with Gasteiger partial charge in [-0.3, -0.25) is 9.59 Å². The average Bonchev–Trinajstić information content (AvgIpc) is 2.30. The first-order chi connectivity index (χ1) is 8.58. The smallest absolute Gasteiger partial charge is 0.241 e. The van der Waals surface area contributed by atoms with Gasteiger partial charge < -0.3 is 15.5 Å². The van der Waals surface area contributed by atoms with Crippen molar-refractivity contribution in [3.8, 4) is 0 Å². The fourth-order valence-electron chi connectivity index (χ4n) is 1.35. The van der Waals surface area contributed by atoms with Crippen LogP contribution in [0.2, 0.25) is 0 Å². The molecule has 0 rings (SSSR count). The second-order valence-corrected chi connectivity index (χ2v) is 6.93. The number of nitrogens with zero attached hydrogens (tertiary/aromatic N) is 2. The summed E-state index contributed by atoms with van der Waals surface area (Å²) in [4.78, 5) is 26.3. The fourth-order valence-corrected chi connectivity index (χ4v) is 2.03. The Morgan fingerprint density at radius 1 is 1.26 bits per heavy atom. The Labute approximate surface area is 114 Å². The van der Waals surface area contributed by atoms with E-state index in [1.165, 1.54) is 9.80 Å². The molecule has 112 valence electrons. The van der Waals surface area contributed by atoms with Crippen LogP contribution in [0.5, 0.6) is 0 Å². The van der Waals surface area contributed by atoms with E-state index in [4.69, 9.17) is 5.73 Å². The molecule has 0 aromatic heterocycles. The van der Waals surface area contributed by atoms with E-state index in [9.17, 15) is 18.0 Å². The zero-order valence-electron chi connectivity index (χ0n) is 11.9. The molecule has 0 aliphatic heterocycles. The molecule has 0 aliphatic rings. The van der Waals surface area contributed by atoms with E-state index in [0.717, 1.165) is 6.26 Å². The van der Waals surface area contributed by atoms with Crippen LogP contribution in [0.1, 0.15) is 13.3 Å². The molecule has 1 atom stereocenters. The number of amides is 2. The summed E-state index contributed by atoms with van der Waals surface area (Å²) in [6.07, 6.45) is 1.15. The van der Waals surface area contributed by atoms with Crippen molar-refractivity contribution in [2.75, 3.05) is 39.2 Å². The van der Waals surface area contributed by atoms with Gasteiger partial charge in [-0.2, -0.15) is 0 Å². The lowest BCUT2D eigenvalue weighted by atomic mass is 10.2. The lowest BCUT2D eigenvalue weighted by Crippen LogP contribution is -2.48. The average molecular weight is 293 g/mol. The van der Waals surface area contributed by atoms with Gasteiger partial charge >= 0.3 is 0 Å². The molecule has 2 amide bonds. The van der Waals surface area contributed by atoms with Crippen molar-refractivity contribution < 1.29 is 18.0 Å². The Kier molecular flexibility index (Phi) is 6.99. The summed E-state index contributed by atoms with van der Waals surface area (Å²) in [5.41, 5.74) is 5.67. The lowest BCUT2D eigenvalue weighted by molar-refractivity contribution is -0.139. The number of sulfone groups is 1. The van der Waals surface area contributed by atoms with E-state index in [1.807, 2.05) is 0 Å². The zero-order chi connectivity index (χ0) is 15.2. The number of carbonyl (C=O) groups excluding carboxylic acids is 2. The number of hydrogen-bond acceptors (Lipinski definition) is 5. The van der Waals surface area contributed by atoms with Gasteiger partial charge in [0.2, 0.25) is 11.8 Å². The zero-order valence-corrected chi connectivity index (χ0v) is 12.7. The predicted octanol–water partition coefficient (Wildman–Crippen LogP) is -1.31. The second-order valence-electron chi connectivity index (χ2n) is 4.67. The summed E-state index contributed by atoms with van der Waals surface area (Å²) < 4.78 is 22.0. The third-order valence-corrected chi connectivity index (χ3v) is 3.61. The summed E-state index contributed by atoms with van der Waals surface area (Å²) in [7, 11) is 0.0553. The topological polar surface area (TPSA) is 101 Å². The summed E-state index contributed by atoms with van der Waals surface area (Å²) in [6.45, 7) is 2.05. The highest BCUT2D eigenvalue weighted by atomic mass is 32.2. The minimum absolute atomic E-state index is 0.0467. The standard InChI is InChI=1S/C11H23N3O4S/c1-5-14(8-10(15)13(2)3)11(16)9(12)6-7-19(4,17)18/h9H,5-8,12H2,1-4H3. The van der Waals surface area contributed by atoms with Crippen molar-refractivity contribution in [2.24, 2.45) is 5.73 Å². The summed E-state index contributed by atoms with van der Waals surface area (Å²) >= 11 is 0. The van der Waals surface area contributed by atoms with Crippen LogP contribution in [0.3, 0.4) is 0 Å². The Morgan fingerprint density at radius 2 is 1.79 bits per heavy atom. The molecule has 0 heterocycles. The quantitative estimate of drug-likeness (QED) is 0.628. The molecule has 0 fully saturated rings. The molecule has 0 bridgehead atoms. The number of hydrogen-bond donors (Lipinski definition) is 1. The maximum Gasteiger partial charge on any atom is 0.241 e. The van der Waals surface area contributed by atoms with Crippen LogP contribution < -0.4 is 5.73 Å². The molecule has 0 aliphatic carbocycles. The summed E-state index contributed by atoms with van der Waals surface area (Å²) in [5, 5.41) is 0. The maximum absolute atomic E-state index is 12.0.